The Morgan fingerprint density at radius 2 is 2.00 bits per heavy atom. The number of morpholine rings is 1. The quantitative estimate of drug-likeness (QED) is 0.796. The van der Waals surface area contributed by atoms with Crippen molar-refractivity contribution < 1.29 is 18.7 Å². The molecule has 30 heavy (non-hydrogen) atoms. The van der Waals surface area contributed by atoms with Crippen LogP contribution in [-0.4, -0.2) is 71.2 Å². The number of hydrogen-bond acceptors (Lipinski definition) is 5. The van der Waals surface area contributed by atoms with E-state index in [4.69, 9.17) is 9.15 Å². The Bertz CT molecular complexity index is 793. The van der Waals surface area contributed by atoms with Crippen molar-refractivity contribution in [3.63, 3.8) is 0 Å². The Labute approximate surface area is 178 Å². The number of rotatable bonds is 2. The molecule has 0 bridgehead atoms. The Morgan fingerprint density at radius 3 is 2.67 bits per heavy atom. The molecule has 1 unspecified atom stereocenters. The van der Waals surface area contributed by atoms with E-state index in [-0.39, 0.29) is 35.6 Å². The standard InChI is InChI=1S/C22H34N4O4/c1-21(2,3)17-13-29-19(24-17)11-15-5-8-25(9-6-15)20(28)26-10-7-22(4)16(12-26)23-18(27)14-30-22/h13,15-16H,5-12,14H2,1-4H3,(H,23,27)/t16-,22?/m1/s1. The number of amides is 3. The highest BCUT2D eigenvalue weighted by Gasteiger charge is 2.46. The molecule has 166 valence electrons. The van der Waals surface area contributed by atoms with E-state index in [9.17, 15) is 9.59 Å². The number of oxazole rings is 1. The predicted octanol–water partition coefficient (Wildman–Crippen LogP) is 2.33. The van der Waals surface area contributed by atoms with Gasteiger partial charge in [-0.2, -0.15) is 0 Å². The van der Waals surface area contributed by atoms with Crippen LogP contribution in [-0.2, 0) is 21.4 Å². The van der Waals surface area contributed by atoms with Crippen molar-refractivity contribution in [2.45, 2.75) is 70.4 Å². The van der Waals surface area contributed by atoms with Gasteiger partial charge in [0.15, 0.2) is 5.89 Å². The lowest BCUT2D eigenvalue weighted by Gasteiger charge is -2.49. The Morgan fingerprint density at radius 1 is 1.27 bits per heavy atom. The number of piperidine rings is 2. The van der Waals surface area contributed by atoms with Crippen molar-refractivity contribution >= 4 is 11.9 Å². The smallest absolute Gasteiger partial charge is 0.320 e. The van der Waals surface area contributed by atoms with Crippen LogP contribution in [0.2, 0.25) is 0 Å². The lowest BCUT2D eigenvalue weighted by Crippen LogP contribution is -2.67. The highest BCUT2D eigenvalue weighted by molar-refractivity contribution is 5.79. The zero-order chi connectivity index (χ0) is 21.5. The van der Waals surface area contributed by atoms with Gasteiger partial charge in [-0.3, -0.25) is 4.79 Å². The second-order valence-electron chi connectivity index (χ2n) is 10.2. The third-order valence-electron chi connectivity index (χ3n) is 6.83. The molecule has 0 radical (unpaired) electrons. The number of nitrogens with one attached hydrogen (secondary N) is 1. The van der Waals surface area contributed by atoms with Crippen molar-refractivity contribution in [1.29, 1.82) is 0 Å². The van der Waals surface area contributed by atoms with Crippen LogP contribution in [0.5, 0.6) is 0 Å². The van der Waals surface area contributed by atoms with Gasteiger partial charge >= 0.3 is 6.03 Å². The molecule has 1 N–H and O–H groups in total. The Balaban J connectivity index is 1.28. The van der Waals surface area contributed by atoms with Crippen LogP contribution in [0.1, 0.15) is 58.5 Å². The van der Waals surface area contributed by atoms with Crippen molar-refractivity contribution in [2.24, 2.45) is 5.92 Å². The summed E-state index contributed by atoms with van der Waals surface area (Å²) in [5.74, 6) is 1.18. The lowest BCUT2D eigenvalue weighted by molar-refractivity contribution is -0.156. The van der Waals surface area contributed by atoms with E-state index in [0.29, 0.717) is 19.0 Å². The van der Waals surface area contributed by atoms with E-state index in [1.165, 1.54) is 0 Å². The largest absolute Gasteiger partial charge is 0.449 e. The molecule has 1 aromatic rings. The van der Waals surface area contributed by atoms with Crippen molar-refractivity contribution in [3.05, 3.63) is 17.8 Å². The number of likely N-dealkylation sites (tertiary alicyclic amines) is 2. The van der Waals surface area contributed by atoms with E-state index >= 15 is 0 Å². The van der Waals surface area contributed by atoms with Gasteiger partial charge in [0.25, 0.3) is 0 Å². The number of fused-ring (bicyclic) bond motifs is 1. The zero-order valence-electron chi connectivity index (χ0n) is 18.6. The van der Waals surface area contributed by atoms with Crippen LogP contribution in [0.3, 0.4) is 0 Å². The number of urea groups is 1. The minimum absolute atomic E-state index is 0.00903. The number of aromatic nitrogens is 1. The zero-order valence-corrected chi connectivity index (χ0v) is 18.6. The normalized spacial score (nSPS) is 28.3. The van der Waals surface area contributed by atoms with Crippen LogP contribution in [0.15, 0.2) is 10.7 Å². The summed E-state index contributed by atoms with van der Waals surface area (Å²) in [7, 11) is 0. The minimum Gasteiger partial charge on any atom is -0.449 e. The van der Waals surface area contributed by atoms with Crippen LogP contribution >= 0.6 is 0 Å². The van der Waals surface area contributed by atoms with Gasteiger partial charge in [-0.05, 0) is 32.1 Å². The van der Waals surface area contributed by atoms with Gasteiger partial charge in [-0.25, -0.2) is 9.78 Å². The van der Waals surface area contributed by atoms with Gasteiger partial charge in [0.1, 0.15) is 12.9 Å². The Kier molecular flexibility index (Phi) is 5.55. The highest BCUT2D eigenvalue weighted by atomic mass is 16.5. The molecule has 4 heterocycles. The van der Waals surface area contributed by atoms with Gasteiger partial charge in [-0.1, -0.05) is 20.8 Å². The van der Waals surface area contributed by atoms with Gasteiger partial charge in [0, 0.05) is 38.0 Å². The molecular weight excluding hydrogens is 384 g/mol. The van der Waals surface area contributed by atoms with Gasteiger partial charge in [-0.15, -0.1) is 0 Å². The first-order valence-corrected chi connectivity index (χ1v) is 11.1. The van der Waals surface area contributed by atoms with Crippen LogP contribution in [0, 0.1) is 5.92 Å². The molecule has 3 aliphatic rings. The molecular formula is C22H34N4O4. The SMILES string of the molecule is CC(C)(C)c1coc(CC2CCN(C(=O)N3CCC4(C)OCC(=O)N[C@@H]4C3)CC2)n1. The van der Waals surface area contributed by atoms with Gasteiger partial charge in [0.2, 0.25) is 5.91 Å². The maximum absolute atomic E-state index is 13.1. The maximum atomic E-state index is 13.1. The number of carbonyl (C=O) groups excluding carboxylic acids is 2. The number of nitrogens with zero attached hydrogens (tertiary/aromatic N) is 3. The average Bonchev–Trinajstić information content (AvgIpc) is 3.17. The summed E-state index contributed by atoms with van der Waals surface area (Å²) >= 11 is 0. The first-order valence-electron chi connectivity index (χ1n) is 11.1. The van der Waals surface area contributed by atoms with E-state index in [2.05, 4.69) is 31.1 Å². The number of hydrogen-bond donors (Lipinski definition) is 1. The summed E-state index contributed by atoms with van der Waals surface area (Å²) in [6.45, 7) is 11.2. The van der Waals surface area contributed by atoms with Crippen molar-refractivity contribution in [2.75, 3.05) is 32.8 Å². The van der Waals surface area contributed by atoms with Crippen molar-refractivity contribution in [3.8, 4) is 0 Å². The minimum atomic E-state index is -0.375. The highest BCUT2D eigenvalue weighted by Crippen LogP contribution is 2.30. The van der Waals surface area contributed by atoms with E-state index < -0.39 is 0 Å². The van der Waals surface area contributed by atoms with Crippen LogP contribution in [0.25, 0.3) is 0 Å². The molecule has 0 aliphatic carbocycles. The lowest BCUT2D eigenvalue weighted by atomic mass is 9.87. The maximum Gasteiger partial charge on any atom is 0.320 e. The third-order valence-corrected chi connectivity index (χ3v) is 6.83. The molecule has 3 saturated heterocycles. The molecule has 8 heteroatoms. The topological polar surface area (TPSA) is 87.9 Å². The second-order valence-corrected chi connectivity index (χ2v) is 10.2. The fourth-order valence-corrected chi connectivity index (χ4v) is 4.57. The van der Waals surface area contributed by atoms with Crippen molar-refractivity contribution in [1.82, 2.24) is 20.1 Å². The molecule has 2 atom stereocenters. The first kappa shape index (κ1) is 21.2. The monoisotopic (exact) mass is 418 g/mol. The molecule has 0 spiro atoms. The molecule has 0 aromatic carbocycles. The second kappa shape index (κ2) is 7.87. The van der Waals surface area contributed by atoms with E-state index in [0.717, 1.165) is 50.4 Å². The molecule has 3 aliphatic heterocycles. The fourth-order valence-electron chi connectivity index (χ4n) is 4.57. The summed E-state index contributed by atoms with van der Waals surface area (Å²) in [6.07, 6.45) is 5.24. The molecule has 3 amide bonds. The summed E-state index contributed by atoms with van der Waals surface area (Å²) in [5.41, 5.74) is 0.603. The third kappa shape index (κ3) is 4.33. The molecule has 0 saturated carbocycles. The van der Waals surface area contributed by atoms with Crippen LogP contribution < -0.4 is 5.32 Å². The molecule has 1 aromatic heterocycles. The van der Waals surface area contributed by atoms with E-state index in [1.54, 1.807) is 6.26 Å². The number of carbonyl (C=O) groups is 2. The fraction of sp³-hybridized carbons (Fsp3) is 0.773. The Hall–Kier alpha value is -2.09. The number of ether oxygens (including phenoxy) is 1. The first-order chi connectivity index (χ1) is 14.1. The average molecular weight is 419 g/mol. The summed E-state index contributed by atoms with van der Waals surface area (Å²) in [5, 5.41) is 3.00. The van der Waals surface area contributed by atoms with E-state index in [1.807, 2.05) is 16.7 Å². The van der Waals surface area contributed by atoms with Gasteiger partial charge < -0.3 is 24.3 Å². The summed E-state index contributed by atoms with van der Waals surface area (Å²) in [6, 6.07) is -0.0718. The molecule has 3 fully saturated rings. The van der Waals surface area contributed by atoms with Gasteiger partial charge in [0.05, 0.1) is 17.3 Å². The summed E-state index contributed by atoms with van der Waals surface area (Å²) in [4.78, 5) is 33.2. The molecule has 4 rings (SSSR count). The van der Waals surface area contributed by atoms with Crippen LogP contribution in [0.4, 0.5) is 4.79 Å². The predicted molar refractivity (Wildman–Crippen MR) is 111 cm³/mol. The summed E-state index contributed by atoms with van der Waals surface area (Å²) < 4.78 is 11.5. The molecule has 8 nitrogen and oxygen atoms in total.